The lowest BCUT2D eigenvalue weighted by Gasteiger charge is -2.10. The zero-order valence-electron chi connectivity index (χ0n) is 25.2. The average molecular weight is 689 g/mol. The van der Waals surface area contributed by atoms with Gasteiger partial charge in [0.15, 0.2) is 11.6 Å². The Morgan fingerprint density at radius 2 is 1.04 bits per heavy atom. The van der Waals surface area contributed by atoms with Gasteiger partial charge in [-0.15, -0.1) is 0 Å². The van der Waals surface area contributed by atoms with Crippen molar-refractivity contribution in [3.8, 4) is 0 Å². The number of rotatable bonds is 6. The third kappa shape index (κ3) is 9.19. The van der Waals surface area contributed by atoms with Gasteiger partial charge in [-0.1, -0.05) is 36.4 Å². The molecule has 2 heterocycles. The first-order valence-electron chi connectivity index (χ1n) is 13.9. The molecule has 0 unspecified atom stereocenters. The van der Waals surface area contributed by atoms with Gasteiger partial charge in [-0.2, -0.15) is 0 Å². The number of halogens is 1. The summed E-state index contributed by atoms with van der Waals surface area (Å²) in [4.78, 5) is 30.3. The summed E-state index contributed by atoms with van der Waals surface area (Å²) < 4.78 is 50.1. The van der Waals surface area contributed by atoms with Crippen molar-refractivity contribution in [1.82, 2.24) is 9.97 Å². The number of pyridine rings is 2. The van der Waals surface area contributed by atoms with Crippen molar-refractivity contribution in [2.75, 3.05) is 10.5 Å². The third-order valence-electron chi connectivity index (χ3n) is 6.60. The van der Waals surface area contributed by atoms with Crippen LogP contribution in [0.15, 0.2) is 131 Å². The van der Waals surface area contributed by atoms with Crippen molar-refractivity contribution < 1.29 is 26.4 Å². The summed E-state index contributed by atoms with van der Waals surface area (Å²) in [5.74, 6) is -0.00217. The van der Waals surface area contributed by atoms with E-state index in [4.69, 9.17) is 16.4 Å². The number of nitrogen functional groups attached to an aromatic ring is 1. The Balaban J connectivity index is 0.000000177. The molecule has 0 saturated heterocycles. The number of hydrogen-bond donors (Lipinski definition) is 2. The second-order valence-electron chi connectivity index (χ2n) is 10.0. The number of sulfonamides is 1. The molecule has 0 bridgehead atoms. The number of nitrogens with two attached hydrogens (primary N) is 1. The van der Waals surface area contributed by atoms with Crippen LogP contribution in [0.1, 0.15) is 34.6 Å². The lowest BCUT2D eigenvalue weighted by atomic mass is 10.1. The highest BCUT2D eigenvalue weighted by molar-refractivity contribution is 8.14. The van der Waals surface area contributed by atoms with Crippen molar-refractivity contribution in [2.24, 2.45) is 0 Å². The molecule has 240 valence electrons. The van der Waals surface area contributed by atoms with E-state index in [1.807, 2.05) is 12.1 Å². The van der Waals surface area contributed by atoms with Gasteiger partial charge in [0.1, 0.15) is 9.79 Å². The number of hydrogen-bond acceptors (Lipinski definition) is 9. The second kappa shape index (κ2) is 14.9. The van der Waals surface area contributed by atoms with Crippen molar-refractivity contribution in [1.29, 1.82) is 0 Å². The molecule has 0 radical (unpaired) electrons. The number of nitrogens with one attached hydrogen (secondary N) is 1. The van der Waals surface area contributed by atoms with E-state index >= 15 is 0 Å². The van der Waals surface area contributed by atoms with Gasteiger partial charge in [0.2, 0.25) is 0 Å². The van der Waals surface area contributed by atoms with Crippen LogP contribution in [-0.4, -0.2) is 38.4 Å². The molecule has 2 aromatic heterocycles. The number of anilines is 2. The lowest BCUT2D eigenvalue weighted by molar-refractivity contribution is 0.100. The number of aromatic nitrogens is 2. The van der Waals surface area contributed by atoms with E-state index in [1.165, 1.54) is 32.2 Å². The van der Waals surface area contributed by atoms with Crippen LogP contribution >= 0.6 is 10.7 Å². The van der Waals surface area contributed by atoms with Crippen LogP contribution in [0.25, 0.3) is 21.8 Å². The molecule has 13 heteroatoms. The van der Waals surface area contributed by atoms with E-state index in [9.17, 15) is 26.4 Å². The normalized spacial score (nSPS) is 11.0. The van der Waals surface area contributed by atoms with Gasteiger partial charge in [0.05, 0.1) is 11.0 Å². The van der Waals surface area contributed by atoms with Gasteiger partial charge < -0.3 is 5.73 Å². The molecule has 0 aliphatic heterocycles. The first-order valence-corrected chi connectivity index (χ1v) is 17.7. The fourth-order valence-corrected chi connectivity index (χ4v) is 6.52. The standard InChI is InChI=1S/C17H14N2O3S.C9H6ClNO2S.C8H9NO/c1-12(20)13-7-9-15(10-8-13)19-23(21,22)16-6-2-4-14-5-3-11-18-17(14)16;10-14(12,13)8-5-1-3-7-4-2-6-11-9(7)8;1-6(10)7-2-4-8(9)5-3-7/h2-11,19H,1H3;1-6H;2-5H,9H2,1H3. The van der Waals surface area contributed by atoms with Gasteiger partial charge in [-0.05, 0) is 86.6 Å². The summed E-state index contributed by atoms with van der Waals surface area (Å²) in [6, 6.07) is 30.1. The molecule has 6 rings (SSSR count). The monoisotopic (exact) mass is 688 g/mol. The minimum absolute atomic E-state index is 0.0530. The number of para-hydroxylation sites is 2. The number of carbonyl (C=O) groups is 2. The van der Waals surface area contributed by atoms with E-state index in [-0.39, 0.29) is 21.4 Å². The molecule has 0 saturated carbocycles. The van der Waals surface area contributed by atoms with Crippen molar-refractivity contribution in [2.45, 2.75) is 23.6 Å². The summed E-state index contributed by atoms with van der Waals surface area (Å²) in [6.45, 7) is 2.99. The van der Waals surface area contributed by atoms with E-state index < -0.39 is 19.1 Å². The highest BCUT2D eigenvalue weighted by Crippen LogP contribution is 2.24. The number of benzene rings is 4. The minimum Gasteiger partial charge on any atom is -0.399 e. The summed E-state index contributed by atoms with van der Waals surface area (Å²) >= 11 is 0. The number of ketones is 2. The predicted octanol–water partition coefficient (Wildman–Crippen LogP) is 6.87. The zero-order valence-corrected chi connectivity index (χ0v) is 27.6. The molecule has 0 spiro atoms. The van der Waals surface area contributed by atoms with E-state index in [1.54, 1.807) is 91.1 Å². The number of nitrogens with zero attached hydrogens (tertiary/aromatic N) is 2. The Hall–Kier alpha value is -5.17. The van der Waals surface area contributed by atoms with E-state index in [0.29, 0.717) is 33.5 Å². The second-order valence-corrected chi connectivity index (χ2v) is 14.2. The van der Waals surface area contributed by atoms with Crippen LogP contribution in [0, 0.1) is 0 Å². The summed E-state index contributed by atoms with van der Waals surface area (Å²) in [7, 11) is -2.22. The van der Waals surface area contributed by atoms with Crippen molar-refractivity contribution in [3.05, 3.63) is 133 Å². The van der Waals surface area contributed by atoms with Crippen LogP contribution in [0.2, 0.25) is 0 Å². The topological polar surface area (TPSA) is 166 Å². The van der Waals surface area contributed by atoms with Crippen LogP contribution in [0.3, 0.4) is 0 Å². The molecule has 0 fully saturated rings. The van der Waals surface area contributed by atoms with Crippen LogP contribution in [0.4, 0.5) is 11.4 Å². The quantitative estimate of drug-likeness (QED) is 0.108. The molecular formula is C34H29ClN4O6S2. The average Bonchev–Trinajstić information content (AvgIpc) is 3.04. The Bertz CT molecular complexity index is 2270. The maximum Gasteiger partial charge on any atom is 0.264 e. The highest BCUT2D eigenvalue weighted by Gasteiger charge is 2.18. The number of fused-ring (bicyclic) bond motifs is 2. The van der Waals surface area contributed by atoms with Crippen molar-refractivity contribution >= 4 is 74.5 Å². The molecule has 10 nitrogen and oxygen atoms in total. The maximum atomic E-state index is 12.6. The Morgan fingerprint density at radius 1 is 0.617 bits per heavy atom. The summed E-state index contributed by atoms with van der Waals surface area (Å²) in [6.07, 6.45) is 3.09. The first kappa shape index (κ1) is 34.7. The Labute approximate surface area is 276 Å². The fourth-order valence-electron chi connectivity index (χ4n) is 4.27. The minimum atomic E-state index is -3.77. The molecule has 0 atom stereocenters. The van der Waals surface area contributed by atoms with Gasteiger partial charge in [-0.25, -0.2) is 16.8 Å². The largest absolute Gasteiger partial charge is 0.399 e. The van der Waals surface area contributed by atoms with Gasteiger partial charge in [0, 0.05) is 56.4 Å². The van der Waals surface area contributed by atoms with Gasteiger partial charge >= 0.3 is 0 Å². The smallest absolute Gasteiger partial charge is 0.264 e. The first-order chi connectivity index (χ1) is 22.3. The number of carbonyl (C=O) groups excluding carboxylic acids is 2. The fraction of sp³-hybridized carbons (Fsp3) is 0.0588. The highest BCUT2D eigenvalue weighted by atomic mass is 35.7. The zero-order chi connectivity index (χ0) is 34.2. The van der Waals surface area contributed by atoms with E-state index in [2.05, 4.69) is 14.7 Å². The SMILES string of the molecule is CC(=O)c1ccc(N)cc1.CC(=O)c1ccc(NS(=O)(=O)c2cccc3cccnc23)cc1.O=S(=O)(Cl)c1cccc2cccnc12. The molecular weight excluding hydrogens is 660 g/mol. The van der Waals surface area contributed by atoms with Crippen LogP contribution in [0.5, 0.6) is 0 Å². The molecule has 47 heavy (non-hydrogen) atoms. The number of Topliss-reactive ketones (excluding diaryl/α,β-unsaturated/α-hetero) is 2. The van der Waals surface area contributed by atoms with Gasteiger partial charge in [-0.3, -0.25) is 24.3 Å². The Morgan fingerprint density at radius 3 is 1.51 bits per heavy atom. The van der Waals surface area contributed by atoms with Crippen LogP contribution < -0.4 is 10.5 Å². The summed E-state index contributed by atoms with van der Waals surface area (Å²) in [5.41, 5.74) is 8.55. The third-order valence-corrected chi connectivity index (χ3v) is 9.37. The van der Waals surface area contributed by atoms with Gasteiger partial charge in [0.25, 0.3) is 19.1 Å². The Kier molecular flexibility index (Phi) is 11.0. The molecule has 0 aliphatic rings. The molecule has 0 amide bonds. The lowest BCUT2D eigenvalue weighted by Crippen LogP contribution is -2.13. The molecule has 0 aliphatic carbocycles. The molecule has 6 aromatic rings. The summed E-state index contributed by atoms with van der Waals surface area (Å²) in [5, 5.41) is 1.51. The predicted molar refractivity (Wildman–Crippen MR) is 185 cm³/mol. The van der Waals surface area contributed by atoms with Crippen LogP contribution in [-0.2, 0) is 19.1 Å². The molecule has 3 N–H and O–H groups in total. The van der Waals surface area contributed by atoms with Crippen molar-refractivity contribution in [3.63, 3.8) is 0 Å². The maximum absolute atomic E-state index is 12.6. The van der Waals surface area contributed by atoms with E-state index in [0.717, 1.165) is 10.8 Å². The molecule has 4 aromatic carbocycles.